The first-order chi connectivity index (χ1) is 11.5. The van der Waals surface area contributed by atoms with Crippen molar-refractivity contribution in [2.24, 2.45) is 5.92 Å². The summed E-state index contributed by atoms with van der Waals surface area (Å²) in [6.07, 6.45) is 5.99. The SMILES string of the molecule is CCN(Cc1ccncc1)[C@H]1CCCN(C(=O)C(=O)CC(C)C)C1. The Kier molecular flexibility index (Phi) is 6.91. The van der Waals surface area contributed by atoms with Crippen LogP contribution in [-0.4, -0.2) is 52.2 Å². The van der Waals surface area contributed by atoms with Gasteiger partial charge in [-0.3, -0.25) is 19.5 Å². The number of likely N-dealkylation sites (N-methyl/N-ethyl adjacent to an activating group) is 1. The molecule has 2 heterocycles. The van der Waals surface area contributed by atoms with Gasteiger partial charge in [0.15, 0.2) is 0 Å². The van der Waals surface area contributed by atoms with Crippen molar-refractivity contribution in [2.75, 3.05) is 19.6 Å². The second-order valence-electron chi connectivity index (χ2n) is 6.99. The lowest BCUT2D eigenvalue weighted by molar-refractivity contribution is -0.146. The summed E-state index contributed by atoms with van der Waals surface area (Å²) in [6, 6.07) is 4.37. The number of hydrogen-bond acceptors (Lipinski definition) is 4. The molecule has 1 saturated heterocycles. The van der Waals surface area contributed by atoms with Gasteiger partial charge in [0, 0.05) is 44.5 Å². The van der Waals surface area contributed by atoms with Gasteiger partial charge in [0.25, 0.3) is 5.91 Å². The Morgan fingerprint density at radius 2 is 2.04 bits per heavy atom. The van der Waals surface area contributed by atoms with E-state index in [4.69, 9.17) is 0 Å². The number of Topliss-reactive ketones (excluding diaryl/α,β-unsaturated/α-hetero) is 1. The number of pyridine rings is 1. The summed E-state index contributed by atoms with van der Waals surface area (Å²) in [4.78, 5) is 32.7. The van der Waals surface area contributed by atoms with Crippen LogP contribution in [0.5, 0.6) is 0 Å². The van der Waals surface area contributed by atoms with Crippen LogP contribution >= 0.6 is 0 Å². The lowest BCUT2D eigenvalue weighted by Gasteiger charge is -2.39. The van der Waals surface area contributed by atoms with E-state index >= 15 is 0 Å². The Morgan fingerprint density at radius 1 is 1.33 bits per heavy atom. The summed E-state index contributed by atoms with van der Waals surface area (Å²) in [5, 5.41) is 0. The van der Waals surface area contributed by atoms with Crippen molar-refractivity contribution in [3.63, 3.8) is 0 Å². The number of rotatable bonds is 7. The molecule has 0 unspecified atom stereocenters. The van der Waals surface area contributed by atoms with E-state index in [0.29, 0.717) is 25.6 Å². The van der Waals surface area contributed by atoms with Crippen LogP contribution in [0.2, 0.25) is 0 Å². The van der Waals surface area contributed by atoms with Crippen LogP contribution in [0.15, 0.2) is 24.5 Å². The Labute approximate surface area is 145 Å². The highest BCUT2D eigenvalue weighted by Gasteiger charge is 2.30. The molecule has 5 nitrogen and oxygen atoms in total. The normalized spacial score (nSPS) is 18.2. The lowest BCUT2D eigenvalue weighted by atomic mass is 10.0. The largest absolute Gasteiger partial charge is 0.335 e. The highest BCUT2D eigenvalue weighted by molar-refractivity contribution is 6.36. The van der Waals surface area contributed by atoms with E-state index in [-0.39, 0.29) is 17.6 Å². The van der Waals surface area contributed by atoms with Gasteiger partial charge in [-0.1, -0.05) is 20.8 Å². The highest BCUT2D eigenvalue weighted by atomic mass is 16.2. The summed E-state index contributed by atoms with van der Waals surface area (Å²) < 4.78 is 0. The molecule has 0 spiro atoms. The van der Waals surface area contributed by atoms with Crippen LogP contribution in [0.4, 0.5) is 0 Å². The first kappa shape index (κ1) is 18.6. The van der Waals surface area contributed by atoms with E-state index in [2.05, 4.69) is 16.8 Å². The molecule has 2 rings (SSSR count). The first-order valence-electron chi connectivity index (χ1n) is 8.96. The van der Waals surface area contributed by atoms with Crippen molar-refractivity contribution in [3.8, 4) is 0 Å². The zero-order chi connectivity index (χ0) is 17.5. The minimum absolute atomic E-state index is 0.223. The van der Waals surface area contributed by atoms with Crippen molar-refractivity contribution in [1.29, 1.82) is 0 Å². The summed E-state index contributed by atoms with van der Waals surface area (Å²) in [7, 11) is 0. The van der Waals surface area contributed by atoms with Crippen molar-refractivity contribution in [3.05, 3.63) is 30.1 Å². The third-order valence-electron chi connectivity index (χ3n) is 4.57. The van der Waals surface area contributed by atoms with E-state index in [0.717, 1.165) is 25.9 Å². The minimum atomic E-state index is -0.298. The fraction of sp³-hybridized carbons (Fsp3) is 0.632. The number of carbonyl (C=O) groups excluding carboxylic acids is 2. The average molecular weight is 331 g/mol. The van der Waals surface area contributed by atoms with Crippen molar-refractivity contribution in [2.45, 2.75) is 52.6 Å². The predicted molar refractivity (Wildman–Crippen MR) is 94.4 cm³/mol. The zero-order valence-corrected chi connectivity index (χ0v) is 15.1. The van der Waals surface area contributed by atoms with Gasteiger partial charge in [0.2, 0.25) is 5.78 Å². The predicted octanol–water partition coefficient (Wildman–Crippen LogP) is 2.51. The van der Waals surface area contributed by atoms with Crippen LogP contribution in [0.25, 0.3) is 0 Å². The average Bonchev–Trinajstić information content (AvgIpc) is 2.59. The van der Waals surface area contributed by atoms with Gasteiger partial charge in [-0.2, -0.15) is 0 Å². The van der Waals surface area contributed by atoms with Crippen LogP contribution in [0.3, 0.4) is 0 Å². The van der Waals surface area contributed by atoms with Gasteiger partial charge in [0.05, 0.1) is 0 Å². The molecule has 0 N–H and O–H groups in total. The number of ketones is 1. The number of likely N-dealkylation sites (tertiary alicyclic amines) is 1. The number of aromatic nitrogens is 1. The highest BCUT2D eigenvalue weighted by Crippen LogP contribution is 2.19. The molecule has 0 bridgehead atoms. The summed E-state index contributed by atoms with van der Waals surface area (Å²) >= 11 is 0. The van der Waals surface area contributed by atoms with E-state index < -0.39 is 0 Å². The van der Waals surface area contributed by atoms with Gasteiger partial charge < -0.3 is 4.90 Å². The lowest BCUT2D eigenvalue weighted by Crippen LogP contribution is -2.51. The molecule has 132 valence electrons. The first-order valence-corrected chi connectivity index (χ1v) is 8.96. The molecule has 24 heavy (non-hydrogen) atoms. The molecule has 0 aromatic carbocycles. The molecule has 1 fully saturated rings. The quantitative estimate of drug-likeness (QED) is 0.721. The second-order valence-corrected chi connectivity index (χ2v) is 6.99. The fourth-order valence-electron chi connectivity index (χ4n) is 3.29. The zero-order valence-electron chi connectivity index (χ0n) is 15.1. The van der Waals surface area contributed by atoms with Crippen LogP contribution in [0, 0.1) is 5.92 Å². The van der Waals surface area contributed by atoms with Crippen molar-refractivity contribution < 1.29 is 9.59 Å². The summed E-state index contributed by atoms with van der Waals surface area (Å²) in [5.74, 6) is -0.322. The van der Waals surface area contributed by atoms with Crippen LogP contribution in [0.1, 0.15) is 45.6 Å². The molecule has 1 aromatic rings. The standard InChI is InChI=1S/C19H29N3O2/c1-4-21(13-16-7-9-20-10-8-16)17-6-5-11-22(14-17)19(24)18(23)12-15(2)3/h7-10,15,17H,4-6,11-14H2,1-3H3/t17-/m0/s1. The minimum Gasteiger partial charge on any atom is -0.335 e. The number of nitrogens with zero attached hydrogens (tertiary/aromatic N) is 3. The molecular formula is C19H29N3O2. The van der Waals surface area contributed by atoms with Crippen molar-refractivity contribution in [1.82, 2.24) is 14.8 Å². The van der Waals surface area contributed by atoms with Crippen molar-refractivity contribution >= 4 is 11.7 Å². The number of hydrogen-bond donors (Lipinski definition) is 0. The molecule has 1 aliphatic heterocycles. The Balaban J connectivity index is 1.98. The van der Waals surface area contributed by atoms with Crippen LogP contribution in [-0.2, 0) is 16.1 Å². The van der Waals surface area contributed by atoms with Gasteiger partial charge in [0.1, 0.15) is 0 Å². The van der Waals surface area contributed by atoms with E-state index in [1.165, 1.54) is 5.56 Å². The van der Waals surface area contributed by atoms with Gasteiger partial charge in [-0.25, -0.2) is 0 Å². The molecular weight excluding hydrogens is 302 g/mol. The smallest absolute Gasteiger partial charge is 0.289 e. The topological polar surface area (TPSA) is 53.5 Å². The molecule has 1 aromatic heterocycles. The van der Waals surface area contributed by atoms with E-state index in [1.807, 2.05) is 38.4 Å². The van der Waals surface area contributed by atoms with Gasteiger partial charge in [-0.15, -0.1) is 0 Å². The maximum atomic E-state index is 12.4. The molecule has 1 amide bonds. The second kappa shape index (κ2) is 8.92. The molecule has 1 atom stereocenters. The van der Waals surface area contributed by atoms with E-state index in [1.54, 1.807) is 4.90 Å². The number of carbonyl (C=O) groups is 2. The third-order valence-corrected chi connectivity index (χ3v) is 4.57. The fourth-order valence-corrected chi connectivity index (χ4v) is 3.29. The Hall–Kier alpha value is -1.75. The third kappa shape index (κ3) is 5.13. The number of piperidine rings is 1. The van der Waals surface area contributed by atoms with Gasteiger partial charge in [-0.05, 0) is 43.0 Å². The maximum absolute atomic E-state index is 12.4. The van der Waals surface area contributed by atoms with E-state index in [9.17, 15) is 9.59 Å². The summed E-state index contributed by atoms with van der Waals surface area (Å²) in [6.45, 7) is 9.22. The number of amides is 1. The molecule has 0 radical (unpaired) electrons. The maximum Gasteiger partial charge on any atom is 0.289 e. The van der Waals surface area contributed by atoms with Gasteiger partial charge >= 0.3 is 0 Å². The monoisotopic (exact) mass is 331 g/mol. The Bertz CT molecular complexity index is 545. The summed E-state index contributed by atoms with van der Waals surface area (Å²) in [5.41, 5.74) is 1.23. The van der Waals surface area contributed by atoms with Crippen LogP contribution < -0.4 is 0 Å². The molecule has 1 aliphatic rings. The Morgan fingerprint density at radius 3 is 2.67 bits per heavy atom. The molecule has 0 aliphatic carbocycles. The molecule has 5 heteroatoms. The molecule has 0 saturated carbocycles.